The Morgan fingerprint density at radius 3 is 2.32 bits per heavy atom. The van der Waals surface area contributed by atoms with Crippen LogP contribution in [0.25, 0.3) is 0 Å². The number of carbonyl (C=O) groups excluding carboxylic acids is 1. The van der Waals surface area contributed by atoms with Crippen molar-refractivity contribution in [2.24, 2.45) is 0 Å². The van der Waals surface area contributed by atoms with Crippen LogP contribution in [0.3, 0.4) is 0 Å². The second kappa shape index (κ2) is 6.46. The van der Waals surface area contributed by atoms with Gasteiger partial charge in [0.1, 0.15) is 10.5 Å². The molecular formula is C11H18N4O3S. The van der Waals surface area contributed by atoms with Crippen LogP contribution in [0.15, 0.2) is 0 Å². The number of hydrogen-bond donors (Lipinski definition) is 3. The monoisotopic (exact) mass is 286 g/mol. The highest BCUT2D eigenvalue weighted by molar-refractivity contribution is 7.15. The Kier molecular flexibility index (Phi) is 5.22. The summed E-state index contributed by atoms with van der Waals surface area (Å²) < 4.78 is 0. The Labute approximate surface area is 115 Å². The molecule has 0 aliphatic rings. The summed E-state index contributed by atoms with van der Waals surface area (Å²) >= 11 is 1.27. The van der Waals surface area contributed by atoms with Gasteiger partial charge in [0.15, 0.2) is 0 Å². The standard InChI is InChI=1S/C11H18N4O3S/c1-4-7-14-15-10(19-7)12-9(18)13-11(5-2,6-3)8(16)17/h4-6H2,1-3H3,(H,16,17)(H2,12,13,15,18). The van der Waals surface area contributed by atoms with Gasteiger partial charge >= 0.3 is 12.0 Å². The first-order valence-corrected chi connectivity index (χ1v) is 6.94. The van der Waals surface area contributed by atoms with Crippen LogP contribution in [0.2, 0.25) is 0 Å². The molecule has 19 heavy (non-hydrogen) atoms. The lowest BCUT2D eigenvalue weighted by atomic mass is 9.93. The van der Waals surface area contributed by atoms with Crippen molar-refractivity contribution in [3.8, 4) is 0 Å². The van der Waals surface area contributed by atoms with Crippen molar-refractivity contribution in [1.82, 2.24) is 15.5 Å². The number of carbonyl (C=O) groups is 2. The second-order valence-corrected chi connectivity index (χ2v) is 5.09. The van der Waals surface area contributed by atoms with Crippen molar-refractivity contribution in [1.29, 1.82) is 0 Å². The maximum atomic E-state index is 11.8. The number of nitrogens with zero attached hydrogens (tertiary/aromatic N) is 2. The van der Waals surface area contributed by atoms with Crippen molar-refractivity contribution in [2.75, 3.05) is 5.32 Å². The molecule has 2 amide bonds. The molecular weight excluding hydrogens is 268 g/mol. The number of anilines is 1. The molecule has 0 spiro atoms. The minimum Gasteiger partial charge on any atom is -0.480 e. The third-order valence-corrected chi connectivity index (χ3v) is 3.94. The highest BCUT2D eigenvalue weighted by Crippen LogP contribution is 2.18. The van der Waals surface area contributed by atoms with Crippen molar-refractivity contribution < 1.29 is 14.7 Å². The highest BCUT2D eigenvalue weighted by atomic mass is 32.1. The number of urea groups is 1. The van der Waals surface area contributed by atoms with Gasteiger partial charge < -0.3 is 10.4 Å². The van der Waals surface area contributed by atoms with Crippen molar-refractivity contribution in [3.63, 3.8) is 0 Å². The molecule has 0 fully saturated rings. The number of aryl methyl sites for hydroxylation is 1. The molecule has 0 saturated heterocycles. The molecule has 8 heteroatoms. The van der Waals surface area contributed by atoms with E-state index in [-0.39, 0.29) is 0 Å². The Morgan fingerprint density at radius 2 is 1.89 bits per heavy atom. The molecule has 1 rings (SSSR count). The van der Waals surface area contributed by atoms with Gasteiger partial charge in [-0.15, -0.1) is 10.2 Å². The van der Waals surface area contributed by atoms with E-state index in [0.29, 0.717) is 18.0 Å². The average molecular weight is 286 g/mol. The average Bonchev–Trinajstić information content (AvgIpc) is 2.83. The largest absolute Gasteiger partial charge is 0.480 e. The molecule has 0 aromatic carbocycles. The first-order valence-electron chi connectivity index (χ1n) is 6.12. The fraction of sp³-hybridized carbons (Fsp3) is 0.636. The van der Waals surface area contributed by atoms with Gasteiger partial charge in [-0.1, -0.05) is 32.1 Å². The normalized spacial score (nSPS) is 11.1. The van der Waals surface area contributed by atoms with Gasteiger partial charge in [0.2, 0.25) is 5.13 Å². The maximum Gasteiger partial charge on any atom is 0.329 e. The maximum absolute atomic E-state index is 11.8. The van der Waals surface area contributed by atoms with Crippen LogP contribution < -0.4 is 10.6 Å². The van der Waals surface area contributed by atoms with Gasteiger partial charge in [-0.2, -0.15) is 0 Å². The minimum atomic E-state index is -1.25. The van der Waals surface area contributed by atoms with E-state index in [0.717, 1.165) is 11.4 Å². The molecule has 0 radical (unpaired) electrons. The fourth-order valence-corrected chi connectivity index (χ4v) is 2.25. The van der Waals surface area contributed by atoms with Crippen LogP contribution >= 0.6 is 11.3 Å². The number of aliphatic carboxylic acids is 1. The quantitative estimate of drug-likeness (QED) is 0.740. The summed E-state index contributed by atoms with van der Waals surface area (Å²) in [5.41, 5.74) is -1.25. The summed E-state index contributed by atoms with van der Waals surface area (Å²) in [6, 6.07) is -0.579. The minimum absolute atomic E-state index is 0.308. The smallest absolute Gasteiger partial charge is 0.329 e. The molecule has 0 bridgehead atoms. The molecule has 0 saturated carbocycles. The third kappa shape index (κ3) is 3.63. The van der Waals surface area contributed by atoms with Crippen LogP contribution in [0.1, 0.15) is 38.6 Å². The molecule has 0 atom stereocenters. The van der Waals surface area contributed by atoms with E-state index in [9.17, 15) is 14.7 Å². The number of carboxylic acids is 1. The number of hydrogen-bond acceptors (Lipinski definition) is 5. The number of aromatic nitrogens is 2. The number of nitrogens with one attached hydrogen (secondary N) is 2. The van der Waals surface area contributed by atoms with Gasteiger partial charge in [-0.3, -0.25) is 5.32 Å². The van der Waals surface area contributed by atoms with Gasteiger partial charge in [-0.05, 0) is 19.3 Å². The first-order chi connectivity index (χ1) is 8.97. The van der Waals surface area contributed by atoms with Crippen LogP contribution in [0.5, 0.6) is 0 Å². The van der Waals surface area contributed by atoms with Crippen molar-refractivity contribution in [2.45, 2.75) is 45.6 Å². The van der Waals surface area contributed by atoms with Crippen LogP contribution in [-0.2, 0) is 11.2 Å². The number of rotatable bonds is 6. The van der Waals surface area contributed by atoms with Crippen LogP contribution in [0.4, 0.5) is 9.93 Å². The van der Waals surface area contributed by atoms with Gasteiger partial charge in [-0.25, -0.2) is 9.59 Å². The second-order valence-electron chi connectivity index (χ2n) is 4.03. The van der Waals surface area contributed by atoms with Gasteiger partial charge in [0.05, 0.1) is 0 Å². The number of carboxylic acid groups (broad SMARTS) is 1. The van der Waals surface area contributed by atoms with E-state index in [1.807, 2.05) is 6.92 Å². The molecule has 106 valence electrons. The van der Waals surface area contributed by atoms with Crippen LogP contribution in [0, 0.1) is 0 Å². The first kappa shape index (κ1) is 15.4. The van der Waals surface area contributed by atoms with E-state index >= 15 is 0 Å². The van der Waals surface area contributed by atoms with Gasteiger partial charge in [0, 0.05) is 0 Å². The van der Waals surface area contributed by atoms with Gasteiger partial charge in [0.25, 0.3) is 0 Å². The summed E-state index contributed by atoms with van der Waals surface area (Å²) in [6.07, 6.45) is 1.36. The molecule has 1 heterocycles. The Balaban J connectivity index is 2.70. The Morgan fingerprint density at radius 1 is 1.26 bits per heavy atom. The van der Waals surface area contributed by atoms with E-state index in [1.165, 1.54) is 11.3 Å². The number of amides is 2. The molecule has 0 unspecified atom stereocenters. The third-order valence-electron chi connectivity index (χ3n) is 2.96. The predicted octanol–water partition coefficient (Wildman–Crippen LogP) is 1.87. The van der Waals surface area contributed by atoms with E-state index < -0.39 is 17.5 Å². The van der Waals surface area contributed by atoms with Crippen molar-refractivity contribution in [3.05, 3.63) is 5.01 Å². The molecule has 0 aliphatic carbocycles. The van der Waals surface area contributed by atoms with E-state index in [4.69, 9.17) is 0 Å². The summed E-state index contributed by atoms with van der Waals surface area (Å²) in [5, 5.41) is 23.1. The van der Waals surface area contributed by atoms with E-state index in [1.54, 1.807) is 13.8 Å². The Hall–Kier alpha value is -1.70. The molecule has 1 aromatic rings. The summed E-state index contributed by atoms with van der Waals surface area (Å²) in [4.78, 5) is 23.1. The zero-order chi connectivity index (χ0) is 14.5. The highest BCUT2D eigenvalue weighted by Gasteiger charge is 2.36. The Bertz CT molecular complexity index is 457. The lowest BCUT2D eigenvalue weighted by Gasteiger charge is -2.27. The zero-order valence-corrected chi connectivity index (χ0v) is 12.0. The zero-order valence-electron chi connectivity index (χ0n) is 11.2. The lowest BCUT2D eigenvalue weighted by Crippen LogP contribution is -2.54. The molecule has 1 aromatic heterocycles. The fourth-order valence-electron chi connectivity index (χ4n) is 1.58. The molecule has 7 nitrogen and oxygen atoms in total. The van der Waals surface area contributed by atoms with Crippen LogP contribution in [-0.4, -0.2) is 32.8 Å². The summed E-state index contributed by atoms with van der Waals surface area (Å²) in [5.74, 6) is -1.04. The summed E-state index contributed by atoms with van der Waals surface area (Å²) in [7, 11) is 0. The van der Waals surface area contributed by atoms with E-state index in [2.05, 4.69) is 20.8 Å². The summed E-state index contributed by atoms with van der Waals surface area (Å²) in [6.45, 7) is 5.38. The molecule has 3 N–H and O–H groups in total. The lowest BCUT2D eigenvalue weighted by molar-refractivity contribution is -0.144. The van der Waals surface area contributed by atoms with Crippen molar-refractivity contribution >= 4 is 28.5 Å². The predicted molar refractivity (Wildman–Crippen MR) is 72.4 cm³/mol. The SMILES string of the molecule is CCc1nnc(NC(=O)NC(CC)(CC)C(=O)O)s1. The topological polar surface area (TPSA) is 104 Å². The molecule has 0 aliphatic heterocycles.